The number of hydrogen-bond donors (Lipinski definition) is 2. The van der Waals surface area contributed by atoms with Crippen molar-refractivity contribution in [2.24, 2.45) is 10.7 Å². The van der Waals surface area contributed by atoms with Gasteiger partial charge in [0.1, 0.15) is 5.75 Å². The molecule has 0 spiro atoms. The van der Waals surface area contributed by atoms with Crippen LogP contribution >= 0.6 is 24.0 Å². The van der Waals surface area contributed by atoms with E-state index in [-0.39, 0.29) is 24.0 Å². The molecule has 0 aliphatic heterocycles. The molecule has 0 heterocycles. The van der Waals surface area contributed by atoms with E-state index in [4.69, 9.17) is 19.9 Å². The van der Waals surface area contributed by atoms with Crippen molar-refractivity contribution in [3.8, 4) is 17.2 Å². The summed E-state index contributed by atoms with van der Waals surface area (Å²) in [7, 11) is 4.84. The number of nitrogens with zero attached hydrogens (tertiary/aromatic N) is 1. The van der Waals surface area contributed by atoms with Crippen LogP contribution in [-0.4, -0.2) is 33.8 Å². The van der Waals surface area contributed by atoms with Gasteiger partial charge in [-0.3, -0.25) is 4.99 Å². The highest BCUT2D eigenvalue weighted by atomic mass is 127. The first-order chi connectivity index (χ1) is 11.7. The Labute approximate surface area is 165 Å². The standard InChI is InChI=1S/C18H23N3O3.HI/c1-22-15-7-4-13(5-8-15)10-11-20-18(19)21-14-6-9-16(23-2)17(12-14)24-3;/h4-9,12H,10-11H2,1-3H3,(H3,19,20,21);1H. The van der Waals surface area contributed by atoms with Crippen molar-refractivity contribution in [3.63, 3.8) is 0 Å². The third-order valence-electron chi connectivity index (χ3n) is 3.50. The molecule has 0 unspecified atom stereocenters. The molecule has 6 nitrogen and oxygen atoms in total. The summed E-state index contributed by atoms with van der Waals surface area (Å²) in [5, 5.41) is 3.04. The highest BCUT2D eigenvalue weighted by Gasteiger charge is 2.05. The second kappa shape index (κ2) is 10.7. The van der Waals surface area contributed by atoms with Crippen LogP contribution in [0.25, 0.3) is 0 Å². The average Bonchev–Trinajstić information content (AvgIpc) is 2.62. The summed E-state index contributed by atoms with van der Waals surface area (Å²) in [6, 6.07) is 13.4. The number of ether oxygens (including phenoxy) is 3. The Bertz CT molecular complexity index is 690. The number of halogens is 1. The number of hydrogen-bond acceptors (Lipinski definition) is 4. The lowest BCUT2D eigenvalue weighted by atomic mass is 10.1. The van der Waals surface area contributed by atoms with Crippen LogP contribution in [0.15, 0.2) is 47.5 Å². The lowest BCUT2D eigenvalue weighted by Gasteiger charge is -2.11. The molecule has 2 rings (SSSR count). The quantitative estimate of drug-likeness (QED) is 0.379. The zero-order chi connectivity index (χ0) is 17.4. The van der Waals surface area contributed by atoms with Crippen LogP contribution in [0.4, 0.5) is 5.69 Å². The van der Waals surface area contributed by atoms with Gasteiger partial charge in [-0.2, -0.15) is 0 Å². The summed E-state index contributed by atoms with van der Waals surface area (Å²) >= 11 is 0. The molecule has 0 bridgehead atoms. The van der Waals surface area contributed by atoms with Crippen LogP contribution in [0.3, 0.4) is 0 Å². The van der Waals surface area contributed by atoms with E-state index in [9.17, 15) is 0 Å². The first-order valence-corrected chi connectivity index (χ1v) is 7.58. The van der Waals surface area contributed by atoms with Crippen molar-refractivity contribution in [3.05, 3.63) is 48.0 Å². The van der Waals surface area contributed by atoms with Crippen molar-refractivity contribution < 1.29 is 14.2 Å². The summed E-state index contributed by atoms with van der Waals surface area (Å²) in [6.45, 7) is 0.596. The minimum absolute atomic E-state index is 0. The van der Waals surface area contributed by atoms with Crippen LogP contribution in [0.1, 0.15) is 5.56 Å². The monoisotopic (exact) mass is 457 g/mol. The fourth-order valence-electron chi connectivity index (χ4n) is 2.20. The third kappa shape index (κ3) is 6.33. The van der Waals surface area contributed by atoms with Gasteiger partial charge in [-0.05, 0) is 36.2 Å². The van der Waals surface area contributed by atoms with Gasteiger partial charge in [0.25, 0.3) is 0 Å². The average molecular weight is 457 g/mol. The van der Waals surface area contributed by atoms with Gasteiger partial charge in [-0.25, -0.2) is 0 Å². The van der Waals surface area contributed by atoms with Gasteiger partial charge in [0.2, 0.25) is 0 Å². The van der Waals surface area contributed by atoms with E-state index >= 15 is 0 Å². The Morgan fingerprint density at radius 1 is 0.960 bits per heavy atom. The van der Waals surface area contributed by atoms with Crippen LogP contribution < -0.4 is 25.3 Å². The number of anilines is 1. The van der Waals surface area contributed by atoms with Gasteiger partial charge in [0.15, 0.2) is 17.5 Å². The summed E-state index contributed by atoms with van der Waals surface area (Å²) in [6.07, 6.45) is 0.804. The smallest absolute Gasteiger partial charge is 0.193 e. The van der Waals surface area contributed by atoms with E-state index < -0.39 is 0 Å². The van der Waals surface area contributed by atoms with E-state index in [0.29, 0.717) is 24.0 Å². The molecule has 7 heteroatoms. The number of aliphatic imine (C=N–C) groups is 1. The molecule has 136 valence electrons. The first kappa shape index (κ1) is 20.9. The van der Waals surface area contributed by atoms with Crippen molar-refractivity contribution in [1.29, 1.82) is 0 Å². The van der Waals surface area contributed by atoms with Gasteiger partial charge in [-0.15, -0.1) is 24.0 Å². The summed E-state index contributed by atoms with van der Waals surface area (Å²) in [4.78, 5) is 4.34. The van der Waals surface area contributed by atoms with Gasteiger partial charge in [0, 0.05) is 18.3 Å². The summed E-state index contributed by atoms with van der Waals surface area (Å²) in [5.41, 5.74) is 7.89. The first-order valence-electron chi connectivity index (χ1n) is 7.58. The Morgan fingerprint density at radius 2 is 1.64 bits per heavy atom. The van der Waals surface area contributed by atoms with Gasteiger partial charge in [-0.1, -0.05) is 12.1 Å². The Morgan fingerprint density at radius 3 is 2.24 bits per heavy atom. The zero-order valence-corrected chi connectivity index (χ0v) is 16.9. The van der Waals surface area contributed by atoms with Crippen LogP contribution in [0.2, 0.25) is 0 Å². The molecule has 0 saturated heterocycles. The van der Waals surface area contributed by atoms with E-state index in [2.05, 4.69) is 10.3 Å². The van der Waals surface area contributed by atoms with E-state index in [1.165, 1.54) is 5.56 Å². The topological polar surface area (TPSA) is 78.1 Å². The van der Waals surface area contributed by atoms with E-state index in [1.807, 2.05) is 42.5 Å². The number of methoxy groups -OCH3 is 3. The summed E-state index contributed by atoms with van der Waals surface area (Å²) < 4.78 is 15.6. The molecule has 0 atom stereocenters. The molecule has 0 aliphatic rings. The fraction of sp³-hybridized carbons (Fsp3) is 0.278. The fourth-order valence-corrected chi connectivity index (χ4v) is 2.20. The predicted octanol–water partition coefficient (Wildman–Crippen LogP) is 3.30. The van der Waals surface area contributed by atoms with Crippen molar-refractivity contribution in [2.75, 3.05) is 33.2 Å². The third-order valence-corrected chi connectivity index (χ3v) is 3.50. The molecule has 0 fully saturated rings. The molecule has 0 amide bonds. The lowest BCUT2D eigenvalue weighted by molar-refractivity contribution is 0.355. The van der Waals surface area contributed by atoms with Crippen molar-refractivity contribution in [2.45, 2.75) is 6.42 Å². The molecular weight excluding hydrogens is 433 g/mol. The number of guanidine groups is 1. The molecule has 0 saturated carbocycles. The normalized spacial score (nSPS) is 10.6. The molecule has 0 aliphatic carbocycles. The van der Waals surface area contributed by atoms with Gasteiger partial charge < -0.3 is 25.3 Å². The number of benzene rings is 2. The number of nitrogens with two attached hydrogens (primary N) is 1. The van der Waals surface area contributed by atoms with E-state index in [1.54, 1.807) is 21.3 Å². The Balaban J connectivity index is 0.00000312. The maximum absolute atomic E-state index is 5.92. The minimum atomic E-state index is 0. The molecule has 25 heavy (non-hydrogen) atoms. The maximum Gasteiger partial charge on any atom is 0.193 e. The molecular formula is C18H24IN3O3. The van der Waals surface area contributed by atoms with Crippen LogP contribution in [0.5, 0.6) is 17.2 Å². The largest absolute Gasteiger partial charge is 0.497 e. The zero-order valence-electron chi connectivity index (χ0n) is 14.6. The Hall–Kier alpha value is -2.16. The molecule has 0 aromatic heterocycles. The molecule has 2 aromatic rings. The van der Waals surface area contributed by atoms with Crippen molar-refractivity contribution >= 4 is 35.6 Å². The predicted molar refractivity (Wildman–Crippen MR) is 112 cm³/mol. The highest BCUT2D eigenvalue weighted by molar-refractivity contribution is 14.0. The maximum atomic E-state index is 5.92. The van der Waals surface area contributed by atoms with Crippen LogP contribution in [0, 0.1) is 0 Å². The molecule has 2 aromatic carbocycles. The molecule has 3 N–H and O–H groups in total. The Kier molecular flexibility index (Phi) is 8.90. The van der Waals surface area contributed by atoms with E-state index in [0.717, 1.165) is 17.9 Å². The SMILES string of the molecule is COc1ccc(CCN=C(N)Nc2ccc(OC)c(OC)c2)cc1.I. The van der Waals surface area contributed by atoms with Gasteiger partial charge >= 0.3 is 0 Å². The minimum Gasteiger partial charge on any atom is -0.497 e. The number of rotatable bonds is 7. The number of nitrogens with one attached hydrogen (secondary N) is 1. The second-order valence-corrected chi connectivity index (χ2v) is 5.06. The second-order valence-electron chi connectivity index (χ2n) is 5.06. The lowest BCUT2D eigenvalue weighted by Crippen LogP contribution is -2.23. The van der Waals surface area contributed by atoms with Crippen LogP contribution in [-0.2, 0) is 6.42 Å². The van der Waals surface area contributed by atoms with Crippen molar-refractivity contribution in [1.82, 2.24) is 0 Å². The van der Waals surface area contributed by atoms with Gasteiger partial charge in [0.05, 0.1) is 21.3 Å². The summed E-state index contributed by atoms with van der Waals surface area (Å²) in [5.74, 6) is 2.50. The molecule has 0 radical (unpaired) electrons. The highest BCUT2D eigenvalue weighted by Crippen LogP contribution is 2.29.